The van der Waals surface area contributed by atoms with Crippen molar-refractivity contribution in [2.24, 2.45) is 0 Å². The topological polar surface area (TPSA) is 135 Å². The highest BCUT2D eigenvalue weighted by Gasteiger charge is 2.34. The van der Waals surface area contributed by atoms with Gasteiger partial charge in [0.1, 0.15) is 17.2 Å². The summed E-state index contributed by atoms with van der Waals surface area (Å²) < 4.78 is 2.14. The van der Waals surface area contributed by atoms with Gasteiger partial charge in [-0.15, -0.1) is 0 Å². The van der Waals surface area contributed by atoms with Gasteiger partial charge in [0, 0.05) is 102 Å². The van der Waals surface area contributed by atoms with Crippen molar-refractivity contribution in [2.75, 3.05) is 81.6 Å². The molecule has 2 N–H and O–H groups in total. The average Bonchev–Trinajstić information content (AvgIpc) is 3.92. The number of nitrogens with zero attached hydrogens (tertiary/aromatic N) is 9. The summed E-state index contributed by atoms with van der Waals surface area (Å²) in [6.07, 6.45) is 14.0. The van der Waals surface area contributed by atoms with E-state index in [-0.39, 0.29) is 29.7 Å². The second-order valence-electron chi connectivity index (χ2n) is 17.2. The van der Waals surface area contributed by atoms with Gasteiger partial charge in [0.15, 0.2) is 0 Å². The Kier molecular flexibility index (Phi) is 11.0. The minimum atomic E-state index is -0.235. The standard InChI is InChI=1S/C44H57N11O3/c1-50(2)43(58)38-26-31-27-46-44(49-41(31)55(38)34-6-3-4-7-34)47-39-15-13-35(28-45-39)52-22-24-53(25-23-52)36-8-5-19-54(29-36)33-17-20-51(21-18-33)32-11-9-30(10-12-32)37-14-16-40(56)48-42(37)57/h9-13,15,26-28,33-34,36-37H,3-8,14,16-25,29H2,1-2H3,(H,48,56,57)(H,45,46,47,49). The van der Waals surface area contributed by atoms with E-state index in [0.29, 0.717) is 42.4 Å². The summed E-state index contributed by atoms with van der Waals surface area (Å²) in [7, 11) is 3.59. The second kappa shape index (κ2) is 16.6. The number of imide groups is 1. The van der Waals surface area contributed by atoms with Crippen molar-refractivity contribution in [1.82, 2.24) is 39.5 Å². The van der Waals surface area contributed by atoms with Gasteiger partial charge in [0.25, 0.3) is 5.91 Å². The molecule has 14 nitrogen and oxygen atoms in total. The fourth-order valence-corrected chi connectivity index (χ4v) is 10.1. The van der Waals surface area contributed by atoms with Crippen molar-refractivity contribution in [3.05, 3.63) is 66.1 Å². The summed E-state index contributed by atoms with van der Waals surface area (Å²) in [5.41, 5.74) is 4.81. The number of hydrogen-bond acceptors (Lipinski definition) is 11. The van der Waals surface area contributed by atoms with Gasteiger partial charge in [-0.05, 0) is 87.4 Å². The molecule has 4 aliphatic heterocycles. The number of fused-ring (bicyclic) bond motifs is 1. The summed E-state index contributed by atoms with van der Waals surface area (Å²) in [6, 6.07) is 16.0. The highest BCUT2D eigenvalue weighted by molar-refractivity contribution is 6.01. The minimum Gasteiger partial charge on any atom is -0.371 e. The van der Waals surface area contributed by atoms with Crippen LogP contribution in [0.2, 0.25) is 0 Å². The lowest BCUT2D eigenvalue weighted by Crippen LogP contribution is -2.57. The number of pyridine rings is 1. The molecule has 9 rings (SSSR count). The molecule has 1 aromatic carbocycles. The predicted octanol–water partition coefficient (Wildman–Crippen LogP) is 5.16. The summed E-state index contributed by atoms with van der Waals surface area (Å²) >= 11 is 0. The molecule has 58 heavy (non-hydrogen) atoms. The van der Waals surface area contributed by atoms with Crippen LogP contribution in [0, 0.1) is 0 Å². The lowest BCUT2D eigenvalue weighted by molar-refractivity contribution is -0.134. The number of benzene rings is 1. The number of nitrogens with one attached hydrogen (secondary N) is 2. The summed E-state index contributed by atoms with van der Waals surface area (Å²) in [5, 5.41) is 6.68. The second-order valence-corrected chi connectivity index (χ2v) is 17.2. The van der Waals surface area contributed by atoms with E-state index in [9.17, 15) is 14.4 Å². The van der Waals surface area contributed by atoms with Crippen LogP contribution in [0.3, 0.4) is 0 Å². The van der Waals surface area contributed by atoms with Crippen molar-refractivity contribution in [1.29, 1.82) is 0 Å². The van der Waals surface area contributed by atoms with E-state index in [1.54, 1.807) is 25.2 Å². The molecular formula is C44H57N11O3. The summed E-state index contributed by atoms with van der Waals surface area (Å²) in [6.45, 7) is 8.51. The fourth-order valence-electron chi connectivity index (χ4n) is 10.1. The van der Waals surface area contributed by atoms with E-state index in [1.165, 1.54) is 37.9 Å². The highest BCUT2D eigenvalue weighted by atomic mass is 16.2. The lowest BCUT2D eigenvalue weighted by atomic mass is 9.90. The maximum atomic E-state index is 13.1. The van der Waals surface area contributed by atoms with Crippen LogP contribution in [-0.4, -0.2) is 130 Å². The number of hydrogen-bond donors (Lipinski definition) is 2. The monoisotopic (exact) mass is 787 g/mol. The van der Waals surface area contributed by atoms with Crippen LogP contribution in [0.5, 0.6) is 0 Å². The van der Waals surface area contributed by atoms with Gasteiger partial charge < -0.3 is 24.6 Å². The molecule has 2 atom stereocenters. The number of carbonyl (C=O) groups excluding carboxylic acids is 3. The average molecular weight is 788 g/mol. The first-order valence-electron chi connectivity index (χ1n) is 21.5. The number of piperidine rings is 3. The van der Waals surface area contributed by atoms with Gasteiger partial charge in [-0.2, -0.15) is 4.98 Å². The zero-order valence-electron chi connectivity index (χ0n) is 34.0. The Balaban J connectivity index is 0.757. The summed E-state index contributed by atoms with van der Waals surface area (Å²) in [5.74, 6) is 0.582. The lowest BCUT2D eigenvalue weighted by Gasteiger charge is -2.47. The third-order valence-electron chi connectivity index (χ3n) is 13.4. The number of rotatable bonds is 9. The van der Waals surface area contributed by atoms with Crippen molar-refractivity contribution in [2.45, 2.75) is 88.3 Å². The third kappa shape index (κ3) is 8.00. The highest BCUT2D eigenvalue weighted by Crippen LogP contribution is 2.35. The van der Waals surface area contributed by atoms with Crippen molar-refractivity contribution < 1.29 is 14.4 Å². The van der Waals surface area contributed by atoms with E-state index < -0.39 is 0 Å². The van der Waals surface area contributed by atoms with Crippen LogP contribution in [0.4, 0.5) is 23.1 Å². The van der Waals surface area contributed by atoms with Gasteiger partial charge in [0.05, 0.1) is 17.8 Å². The van der Waals surface area contributed by atoms with E-state index in [4.69, 9.17) is 9.97 Å². The molecule has 4 saturated heterocycles. The van der Waals surface area contributed by atoms with Crippen LogP contribution >= 0.6 is 0 Å². The first-order chi connectivity index (χ1) is 28.3. The Morgan fingerprint density at radius 2 is 1.47 bits per heavy atom. The Labute approximate surface area is 341 Å². The Bertz CT molecular complexity index is 2100. The molecule has 0 bridgehead atoms. The predicted molar refractivity (Wildman–Crippen MR) is 226 cm³/mol. The van der Waals surface area contributed by atoms with Gasteiger partial charge in [0.2, 0.25) is 17.8 Å². The first-order valence-corrected chi connectivity index (χ1v) is 21.5. The Morgan fingerprint density at radius 1 is 0.741 bits per heavy atom. The minimum absolute atomic E-state index is 0.0128. The third-order valence-corrected chi connectivity index (χ3v) is 13.4. The number of anilines is 4. The molecule has 306 valence electrons. The SMILES string of the molecule is CN(C)C(=O)c1cc2cnc(Nc3ccc(N4CCN(C5CCCN(C6CCN(c7ccc(C8CCC(=O)NC8=O)cc7)CC6)C5)CC4)cn3)nc2n1C1CCCC1. The molecule has 14 heteroatoms. The molecule has 7 heterocycles. The first kappa shape index (κ1) is 38.4. The van der Waals surface area contributed by atoms with Gasteiger partial charge in [-0.1, -0.05) is 25.0 Å². The van der Waals surface area contributed by atoms with Gasteiger partial charge in [-0.25, -0.2) is 9.97 Å². The zero-order valence-corrected chi connectivity index (χ0v) is 34.0. The molecule has 5 fully saturated rings. The fraction of sp³-hybridized carbons (Fsp3) is 0.545. The molecule has 1 saturated carbocycles. The maximum absolute atomic E-state index is 13.1. The molecule has 2 unspecified atom stereocenters. The zero-order chi connectivity index (χ0) is 39.8. The smallest absolute Gasteiger partial charge is 0.270 e. The van der Waals surface area contributed by atoms with Gasteiger partial charge in [-0.3, -0.25) is 29.5 Å². The summed E-state index contributed by atoms with van der Waals surface area (Å²) in [4.78, 5) is 63.3. The maximum Gasteiger partial charge on any atom is 0.270 e. The molecule has 4 aromatic rings. The Morgan fingerprint density at radius 3 is 2.17 bits per heavy atom. The van der Waals surface area contributed by atoms with Crippen LogP contribution in [0.25, 0.3) is 11.0 Å². The molecular weight excluding hydrogens is 731 g/mol. The molecule has 3 amide bonds. The molecule has 5 aliphatic rings. The number of aromatic nitrogens is 4. The number of piperazine rings is 1. The molecule has 1 aliphatic carbocycles. The van der Waals surface area contributed by atoms with Crippen molar-refractivity contribution in [3.63, 3.8) is 0 Å². The molecule has 3 aromatic heterocycles. The van der Waals surface area contributed by atoms with Crippen LogP contribution in [0.15, 0.2) is 54.9 Å². The number of amides is 3. The van der Waals surface area contributed by atoms with Crippen LogP contribution < -0.4 is 20.4 Å². The van der Waals surface area contributed by atoms with E-state index >= 15 is 0 Å². The van der Waals surface area contributed by atoms with Crippen LogP contribution in [0.1, 0.15) is 92.2 Å². The van der Waals surface area contributed by atoms with E-state index in [0.717, 1.165) is 93.8 Å². The largest absolute Gasteiger partial charge is 0.371 e. The van der Waals surface area contributed by atoms with E-state index in [2.05, 4.69) is 70.1 Å². The van der Waals surface area contributed by atoms with Crippen LogP contribution in [-0.2, 0) is 9.59 Å². The van der Waals surface area contributed by atoms with Crippen molar-refractivity contribution in [3.8, 4) is 0 Å². The van der Waals surface area contributed by atoms with Gasteiger partial charge >= 0.3 is 0 Å². The molecule has 0 radical (unpaired) electrons. The number of likely N-dealkylation sites (tertiary alicyclic amines) is 1. The Hall–Kier alpha value is -5.08. The van der Waals surface area contributed by atoms with Crippen molar-refractivity contribution >= 4 is 51.9 Å². The van der Waals surface area contributed by atoms with E-state index in [1.807, 2.05) is 18.3 Å². The number of carbonyl (C=O) groups is 3. The normalized spacial score (nSPS) is 23.1. The quantitative estimate of drug-likeness (QED) is 0.218. The molecule has 0 spiro atoms.